The zero-order valence-electron chi connectivity index (χ0n) is 11.2. The monoisotopic (exact) mass is 304 g/mol. The molecule has 0 bridgehead atoms. The molecule has 3 rings (SSSR count). The first-order chi connectivity index (χ1) is 10.2. The normalized spacial score (nSPS) is 14.1. The summed E-state index contributed by atoms with van der Waals surface area (Å²) in [6.45, 7) is -0.126. The van der Waals surface area contributed by atoms with E-state index in [4.69, 9.17) is 5.26 Å². The number of halogens is 1. The molecule has 21 heavy (non-hydrogen) atoms. The van der Waals surface area contributed by atoms with Crippen molar-refractivity contribution in [1.29, 1.82) is 5.26 Å². The molecule has 2 aromatic rings. The number of aliphatic hydroxyl groups is 1. The number of rotatable bonds is 5. The van der Waals surface area contributed by atoms with Crippen molar-refractivity contribution >= 4 is 11.8 Å². The van der Waals surface area contributed by atoms with E-state index in [0.29, 0.717) is 17.6 Å². The summed E-state index contributed by atoms with van der Waals surface area (Å²) in [6, 6.07) is 6.73. The number of thioether (sulfide) groups is 1. The van der Waals surface area contributed by atoms with Crippen LogP contribution in [-0.2, 0) is 12.4 Å². The molecule has 1 aliphatic rings. The van der Waals surface area contributed by atoms with Crippen LogP contribution in [0.15, 0.2) is 23.4 Å². The number of nitriles is 1. The number of hydrogen-bond acceptors (Lipinski definition) is 5. The van der Waals surface area contributed by atoms with Crippen LogP contribution in [0.5, 0.6) is 0 Å². The lowest BCUT2D eigenvalue weighted by Crippen LogP contribution is -2.02. The van der Waals surface area contributed by atoms with E-state index >= 15 is 0 Å². The highest BCUT2D eigenvalue weighted by atomic mass is 32.2. The van der Waals surface area contributed by atoms with E-state index < -0.39 is 5.82 Å². The van der Waals surface area contributed by atoms with Crippen molar-refractivity contribution in [2.75, 3.05) is 0 Å². The zero-order valence-corrected chi connectivity index (χ0v) is 12.0. The van der Waals surface area contributed by atoms with Crippen molar-refractivity contribution in [3.63, 3.8) is 0 Å². The number of aromatic nitrogens is 3. The minimum atomic E-state index is -0.505. The molecule has 7 heteroatoms. The van der Waals surface area contributed by atoms with Gasteiger partial charge in [-0.25, -0.2) is 4.39 Å². The summed E-state index contributed by atoms with van der Waals surface area (Å²) in [5.41, 5.74) is 0.904. The Balaban J connectivity index is 1.76. The van der Waals surface area contributed by atoms with Gasteiger partial charge >= 0.3 is 0 Å². The highest BCUT2D eigenvalue weighted by Gasteiger charge is 2.29. The lowest BCUT2D eigenvalue weighted by atomic mass is 10.1. The van der Waals surface area contributed by atoms with Crippen LogP contribution in [0.3, 0.4) is 0 Å². The molecular weight excluding hydrogens is 291 g/mol. The molecule has 1 fully saturated rings. The first-order valence-corrected chi connectivity index (χ1v) is 7.57. The molecule has 1 aromatic heterocycles. The minimum absolute atomic E-state index is 0.0489. The molecule has 0 unspecified atom stereocenters. The second-order valence-corrected chi connectivity index (χ2v) is 5.82. The largest absolute Gasteiger partial charge is 0.388 e. The van der Waals surface area contributed by atoms with Crippen molar-refractivity contribution in [2.24, 2.45) is 0 Å². The maximum atomic E-state index is 13.3. The van der Waals surface area contributed by atoms with E-state index in [1.165, 1.54) is 17.8 Å². The topological polar surface area (TPSA) is 74.7 Å². The molecule has 1 heterocycles. The molecule has 0 radical (unpaired) electrons. The number of nitrogens with zero attached hydrogens (tertiary/aromatic N) is 4. The Bertz CT molecular complexity index is 705. The molecule has 0 amide bonds. The van der Waals surface area contributed by atoms with Crippen LogP contribution >= 0.6 is 11.8 Å². The Kier molecular flexibility index (Phi) is 3.90. The van der Waals surface area contributed by atoms with Gasteiger partial charge in [-0.05, 0) is 30.5 Å². The van der Waals surface area contributed by atoms with Crippen LogP contribution in [0.25, 0.3) is 0 Å². The summed E-state index contributed by atoms with van der Waals surface area (Å²) in [7, 11) is 0. The second kappa shape index (κ2) is 5.84. The summed E-state index contributed by atoms with van der Waals surface area (Å²) < 4.78 is 15.2. The third-order valence-electron chi connectivity index (χ3n) is 3.31. The van der Waals surface area contributed by atoms with E-state index in [1.807, 2.05) is 10.6 Å². The Hall–Kier alpha value is -1.91. The Morgan fingerprint density at radius 1 is 1.43 bits per heavy atom. The summed E-state index contributed by atoms with van der Waals surface area (Å²) in [5, 5.41) is 27.0. The summed E-state index contributed by atoms with van der Waals surface area (Å²) in [4.78, 5) is 0. The predicted molar refractivity (Wildman–Crippen MR) is 74.9 cm³/mol. The van der Waals surface area contributed by atoms with Gasteiger partial charge in [0.05, 0.1) is 5.56 Å². The van der Waals surface area contributed by atoms with Crippen LogP contribution in [0, 0.1) is 17.1 Å². The maximum absolute atomic E-state index is 13.3. The average molecular weight is 304 g/mol. The Morgan fingerprint density at radius 2 is 2.24 bits per heavy atom. The van der Waals surface area contributed by atoms with E-state index in [2.05, 4.69) is 10.2 Å². The molecule has 1 saturated carbocycles. The van der Waals surface area contributed by atoms with Gasteiger partial charge in [-0.2, -0.15) is 5.26 Å². The fraction of sp³-hybridized carbons (Fsp3) is 0.357. The first kappa shape index (κ1) is 14.0. The number of hydrogen-bond donors (Lipinski definition) is 1. The average Bonchev–Trinajstić information content (AvgIpc) is 3.26. The fourth-order valence-corrected chi connectivity index (χ4v) is 3.08. The van der Waals surface area contributed by atoms with Crippen molar-refractivity contribution in [3.05, 3.63) is 41.0 Å². The van der Waals surface area contributed by atoms with Crippen LogP contribution in [-0.4, -0.2) is 19.9 Å². The van der Waals surface area contributed by atoms with Crippen LogP contribution in [0.2, 0.25) is 0 Å². The van der Waals surface area contributed by atoms with Crippen LogP contribution in [0.4, 0.5) is 4.39 Å². The Morgan fingerprint density at radius 3 is 2.90 bits per heavy atom. The van der Waals surface area contributed by atoms with Gasteiger partial charge < -0.3 is 9.67 Å². The van der Waals surface area contributed by atoms with Crippen molar-refractivity contribution in [3.8, 4) is 6.07 Å². The SMILES string of the molecule is N#Cc1cc(CSc2nnc(CO)n2C2CC2)ccc1F. The summed E-state index contributed by atoms with van der Waals surface area (Å²) in [5.74, 6) is 0.650. The van der Waals surface area contributed by atoms with Gasteiger partial charge in [0.25, 0.3) is 0 Å². The van der Waals surface area contributed by atoms with Gasteiger partial charge in [-0.1, -0.05) is 17.8 Å². The van der Waals surface area contributed by atoms with Gasteiger partial charge in [0.2, 0.25) is 0 Å². The first-order valence-electron chi connectivity index (χ1n) is 6.59. The summed E-state index contributed by atoms with van der Waals surface area (Å²) >= 11 is 1.48. The number of aliphatic hydroxyl groups excluding tert-OH is 1. The van der Waals surface area contributed by atoms with E-state index in [9.17, 15) is 9.50 Å². The molecule has 0 saturated heterocycles. The maximum Gasteiger partial charge on any atom is 0.191 e. The molecule has 0 atom stereocenters. The Labute approximate surface area is 125 Å². The lowest BCUT2D eigenvalue weighted by Gasteiger charge is -2.07. The van der Waals surface area contributed by atoms with Gasteiger partial charge in [0.1, 0.15) is 18.5 Å². The predicted octanol–water partition coefficient (Wildman–Crippen LogP) is 2.41. The molecule has 1 N–H and O–H groups in total. The molecule has 0 aliphatic heterocycles. The van der Waals surface area contributed by atoms with Gasteiger partial charge in [0.15, 0.2) is 11.0 Å². The van der Waals surface area contributed by atoms with Crippen molar-refractivity contribution < 1.29 is 9.50 Å². The molecule has 1 aliphatic carbocycles. The zero-order chi connectivity index (χ0) is 14.8. The third kappa shape index (κ3) is 2.91. The van der Waals surface area contributed by atoms with Crippen LogP contribution in [0.1, 0.15) is 35.8 Å². The van der Waals surface area contributed by atoms with Crippen LogP contribution < -0.4 is 0 Å². The smallest absolute Gasteiger partial charge is 0.191 e. The molecule has 108 valence electrons. The minimum Gasteiger partial charge on any atom is -0.388 e. The van der Waals surface area contributed by atoms with Gasteiger partial charge in [0, 0.05) is 11.8 Å². The van der Waals surface area contributed by atoms with Gasteiger partial charge in [-0.3, -0.25) is 0 Å². The van der Waals surface area contributed by atoms with E-state index in [0.717, 1.165) is 23.6 Å². The fourth-order valence-electron chi connectivity index (χ4n) is 2.11. The third-order valence-corrected chi connectivity index (χ3v) is 4.32. The molecule has 0 spiro atoms. The van der Waals surface area contributed by atoms with Gasteiger partial charge in [-0.15, -0.1) is 10.2 Å². The quantitative estimate of drug-likeness (QED) is 0.859. The number of benzene rings is 1. The highest BCUT2D eigenvalue weighted by Crippen LogP contribution is 2.39. The van der Waals surface area contributed by atoms with Crippen molar-refractivity contribution in [1.82, 2.24) is 14.8 Å². The standard InChI is InChI=1S/C14H13FN4OS/c15-12-4-1-9(5-10(12)6-16)8-21-14-18-17-13(7-20)19(14)11-2-3-11/h1,4-5,11,20H,2-3,7-8H2. The second-order valence-electron chi connectivity index (χ2n) is 4.87. The molecule has 1 aromatic carbocycles. The van der Waals surface area contributed by atoms with E-state index in [-0.39, 0.29) is 12.2 Å². The molecule has 5 nitrogen and oxygen atoms in total. The van der Waals surface area contributed by atoms with Crippen molar-refractivity contribution in [2.45, 2.75) is 36.4 Å². The van der Waals surface area contributed by atoms with E-state index in [1.54, 1.807) is 12.1 Å². The highest BCUT2D eigenvalue weighted by molar-refractivity contribution is 7.98. The summed E-state index contributed by atoms with van der Waals surface area (Å²) in [6.07, 6.45) is 2.15. The lowest BCUT2D eigenvalue weighted by molar-refractivity contribution is 0.263. The molecular formula is C14H13FN4OS.